The quantitative estimate of drug-likeness (QED) is 0.351. The zero-order valence-corrected chi connectivity index (χ0v) is 25.3. The molecule has 1 saturated heterocycles. The van der Waals surface area contributed by atoms with Crippen molar-refractivity contribution in [2.45, 2.75) is 76.9 Å². The van der Waals surface area contributed by atoms with E-state index in [2.05, 4.69) is 0 Å². The maximum Gasteiger partial charge on any atom is 0.344 e. The first kappa shape index (κ1) is 29.8. The second-order valence-corrected chi connectivity index (χ2v) is 13.4. The number of esters is 1. The molecule has 232 valence electrons. The normalized spacial score (nSPS) is 39.1. The fourth-order valence-corrected chi connectivity index (χ4v) is 9.27. The van der Waals surface area contributed by atoms with E-state index in [0.717, 1.165) is 0 Å². The third kappa shape index (κ3) is 3.84. The number of nitrogen functional groups attached to an aromatic ring is 1. The number of carbonyl (C=O) groups is 3. The maximum absolute atomic E-state index is 17.5. The van der Waals surface area contributed by atoms with E-state index in [1.165, 1.54) is 31.4 Å². The van der Waals surface area contributed by atoms with Crippen molar-refractivity contribution in [2.24, 2.45) is 28.6 Å². The lowest BCUT2D eigenvalue weighted by Gasteiger charge is -2.67. The highest BCUT2D eigenvalue weighted by Crippen LogP contribution is 2.74. The Bertz CT molecular complexity index is 1450. The van der Waals surface area contributed by atoms with E-state index in [0.29, 0.717) is 30.6 Å². The van der Waals surface area contributed by atoms with Crippen molar-refractivity contribution in [3.8, 4) is 11.5 Å². The van der Waals surface area contributed by atoms with E-state index in [1.807, 2.05) is 6.92 Å². The smallest absolute Gasteiger partial charge is 0.344 e. The van der Waals surface area contributed by atoms with Crippen LogP contribution in [0.25, 0.3) is 0 Å². The first-order chi connectivity index (χ1) is 20.2. The number of ether oxygens (including phenoxy) is 4. The summed E-state index contributed by atoms with van der Waals surface area (Å²) < 4.78 is 40.2. The van der Waals surface area contributed by atoms with Crippen molar-refractivity contribution in [2.75, 3.05) is 26.1 Å². The molecule has 0 amide bonds. The Balaban J connectivity index is 1.27. The van der Waals surface area contributed by atoms with Gasteiger partial charge in [0.2, 0.25) is 5.78 Å². The summed E-state index contributed by atoms with van der Waals surface area (Å²) in [6, 6.07) is 3.02. The summed E-state index contributed by atoms with van der Waals surface area (Å²) in [4.78, 5) is 39.4. The molecule has 9 nitrogen and oxygen atoms in total. The van der Waals surface area contributed by atoms with Crippen molar-refractivity contribution >= 4 is 23.2 Å². The van der Waals surface area contributed by atoms with Gasteiger partial charge in [-0.15, -0.1) is 0 Å². The fraction of sp³-hybridized carbons (Fsp3) is 0.606. The van der Waals surface area contributed by atoms with E-state index < -0.39 is 52.5 Å². The average molecular weight is 598 g/mol. The molecule has 6 rings (SSSR count). The second kappa shape index (κ2) is 9.89. The summed E-state index contributed by atoms with van der Waals surface area (Å²) in [5, 5.41) is 11.6. The number of allylic oxidation sites excluding steroid dienone is 4. The summed E-state index contributed by atoms with van der Waals surface area (Å²) in [6.07, 6.45) is 4.46. The van der Waals surface area contributed by atoms with Gasteiger partial charge in [-0.25, -0.2) is 9.18 Å². The number of methoxy groups -OCH3 is 1. The first-order valence-corrected chi connectivity index (χ1v) is 15.0. The molecular formula is C33H40FNO8. The number of fused-ring (bicyclic) bond motifs is 4. The van der Waals surface area contributed by atoms with Gasteiger partial charge in [-0.1, -0.05) is 18.6 Å². The number of alkyl halides is 1. The Morgan fingerprint density at radius 3 is 2.65 bits per heavy atom. The molecule has 1 heterocycles. The molecule has 1 unspecified atom stereocenters. The zero-order valence-electron chi connectivity index (χ0n) is 25.3. The molecule has 5 aliphatic rings. The van der Waals surface area contributed by atoms with Gasteiger partial charge in [0.25, 0.3) is 0 Å². The minimum absolute atomic E-state index is 0.00461. The number of hydrogen-bond donors (Lipinski definition) is 2. The Labute approximate surface area is 250 Å². The van der Waals surface area contributed by atoms with Crippen LogP contribution >= 0.6 is 0 Å². The fourth-order valence-electron chi connectivity index (χ4n) is 9.27. The number of anilines is 1. The number of rotatable bonds is 7. The molecule has 1 spiro atoms. The van der Waals surface area contributed by atoms with Crippen LogP contribution in [0.15, 0.2) is 35.9 Å². The molecule has 0 bridgehead atoms. The summed E-state index contributed by atoms with van der Waals surface area (Å²) in [5.41, 5.74) is 1.75. The van der Waals surface area contributed by atoms with Crippen LogP contribution in [0, 0.1) is 28.6 Å². The van der Waals surface area contributed by atoms with Gasteiger partial charge in [0.05, 0.1) is 31.6 Å². The van der Waals surface area contributed by atoms with E-state index in [-0.39, 0.29) is 53.8 Å². The number of halogens is 1. The van der Waals surface area contributed by atoms with Gasteiger partial charge in [-0.05, 0) is 70.4 Å². The SMILES string of the molecule is COc1cc(N)c(C(=O)OCC(=O)[C@]23OC[C@@]24C[C@H](O)[C@@]2(F)[C@@H](CCC5=CC(=O)C=C[C@@]52C)C4C[C@H]3C)c(OC(C)C)c1. The Hall–Kier alpha value is -3.24. The average Bonchev–Trinajstić information content (AvgIpc) is 3.09. The van der Waals surface area contributed by atoms with Crippen LogP contribution in [0.1, 0.15) is 63.7 Å². The van der Waals surface area contributed by atoms with Crippen LogP contribution < -0.4 is 15.2 Å². The molecule has 3 saturated carbocycles. The number of aliphatic hydroxyl groups excluding tert-OH is 1. The van der Waals surface area contributed by atoms with E-state index >= 15 is 4.39 Å². The van der Waals surface area contributed by atoms with Gasteiger partial charge in [0.1, 0.15) is 22.7 Å². The summed E-state index contributed by atoms with van der Waals surface area (Å²) in [6.45, 7) is 6.94. The predicted octanol–water partition coefficient (Wildman–Crippen LogP) is 4.16. The molecule has 10 heteroatoms. The number of aliphatic hydroxyl groups is 1. The highest BCUT2D eigenvalue weighted by molar-refractivity contribution is 6.02. The molecule has 43 heavy (non-hydrogen) atoms. The van der Waals surface area contributed by atoms with Crippen LogP contribution in [-0.4, -0.2) is 66.4 Å². The molecule has 0 aromatic heterocycles. The highest BCUT2D eigenvalue weighted by Gasteiger charge is 2.81. The van der Waals surface area contributed by atoms with Crippen molar-refractivity contribution in [3.05, 3.63) is 41.5 Å². The van der Waals surface area contributed by atoms with Crippen LogP contribution in [0.5, 0.6) is 11.5 Å². The largest absolute Gasteiger partial charge is 0.497 e. The van der Waals surface area contributed by atoms with E-state index in [9.17, 15) is 19.5 Å². The van der Waals surface area contributed by atoms with Crippen LogP contribution in [-0.2, 0) is 19.1 Å². The van der Waals surface area contributed by atoms with Gasteiger partial charge in [0, 0.05) is 28.9 Å². The molecule has 0 radical (unpaired) electrons. The van der Waals surface area contributed by atoms with E-state index in [4.69, 9.17) is 24.7 Å². The first-order valence-electron chi connectivity index (χ1n) is 15.0. The van der Waals surface area contributed by atoms with Gasteiger partial charge < -0.3 is 29.8 Å². The Morgan fingerprint density at radius 1 is 1.26 bits per heavy atom. The third-order valence-corrected chi connectivity index (χ3v) is 11.1. The number of hydrogen-bond acceptors (Lipinski definition) is 9. The number of benzene rings is 1. The van der Waals surface area contributed by atoms with E-state index in [1.54, 1.807) is 26.8 Å². The molecule has 1 aromatic rings. The minimum atomic E-state index is -2.00. The lowest BCUT2D eigenvalue weighted by Crippen LogP contribution is -2.76. The summed E-state index contributed by atoms with van der Waals surface area (Å²) in [7, 11) is 1.47. The lowest BCUT2D eigenvalue weighted by molar-refractivity contribution is -0.309. The van der Waals surface area contributed by atoms with Crippen molar-refractivity contribution in [1.82, 2.24) is 0 Å². The van der Waals surface area contributed by atoms with Gasteiger partial charge in [-0.3, -0.25) is 9.59 Å². The summed E-state index contributed by atoms with van der Waals surface area (Å²) >= 11 is 0. The molecule has 8 atom stereocenters. The second-order valence-electron chi connectivity index (χ2n) is 13.4. The van der Waals surface area contributed by atoms with Crippen molar-refractivity contribution in [3.63, 3.8) is 0 Å². The number of carbonyl (C=O) groups excluding carboxylic acids is 3. The summed E-state index contributed by atoms with van der Waals surface area (Å²) in [5.74, 6) is -1.86. The molecule has 1 aliphatic heterocycles. The Kier molecular flexibility index (Phi) is 6.86. The number of Topliss-reactive ketones (excluding diaryl/α,β-unsaturated/α-hetero) is 1. The molecule has 1 aromatic carbocycles. The standard InChI is InChI=1S/C33H40FNO8/c1-17(2)43-25-13-21(40-5)12-24(35)28(25)29(39)41-15-27(38)33-18(3)10-23-22-7-6-19-11-20(36)8-9-30(19,4)32(22,34)26(37)14-31(23,33)16-42-33/h8-9,11-13,17-18,22-23,26,37H,6-7,10,14-16,35H2,1-5H3/t18-,22+,23?,26+,30+,31-,32+,33+/m1/s1. The lowest BCUT2D eigenvalue weighted by atomic mass is 9.43. The number of ketones is 2. The van der Waals surface area contributed by atoms with Crippen molar-refractivity contribution < 1.29 is 42.8 Å². The van der Waals surface area contributed by atoms with Gasteiger partial charge in [0.15, 0.2) is 18.1 Å². The van der Waals surface area contributed by atoms with Gasteiger partial charge in [-0.2, -0.15) is 0 Å². The molecule has 4 aliphatic carbocycles. The predicted molar refractivity (Wildman–Crippen MR) is 154 cm³/mol. The van der Waals surface area contributed by atoms with Gasteiger partial charge >= 0.3 is 5.97 Å². The molecular weight excluding hydrogens is 557 g/mol. The zero-order chi connectivity index (χ0) is 31.1. The topological polar surface area (TPSA) is 134 Å². The van der Waals surface area contributed by atoms with Crippen LogP contribution in [0.3, 0.4) is 0 Å². The number of nitrogens with two attached hydrogens (primary N) is 1. The molecule has 4 fully saturated rings. The van der Waals surface area contributed by atoms with Crippen LogP contribution in [0.2, 0.25) is 0 Å². The maximum atomic E-state index is 17.5. The van der Waals surface area contributed by atoms with Crippen molar-refractivity contribution in [1.29, 1.82) is 0 Å². The minimum Gasteiger partial charge on any atom is -0.497 e. The monoisotopic (exact) mass is 597 g/mol. The Morgan fingerprint density at radius 2 is 2.00 bits per heavy atom. The third-order valence-electron chi connectivity index (χ3n) is 11.1. The molecule has 3 N–H and O–H groups in total. The highest BCUT2D eigenvalue weighted by atomic mass is 19.1. The van der Waals surface area contributed by atoms with Crippen LogP contribution in [0.4, 0.5) is 10.1 Å².